The van der Waals surface area contributed by atoms with Crippen LogP contribution in [0.1, 0.15) is 85.2 Å². The Morgan fingerprint density at radius 1 is 1.00 bits per heavy atom. The van der Waals surface area contributed by atoms with Crippen LogP contribution in [0.4, 0.5) is 10.6 Å². The van der Waals surface area contributed by atoms with Gasteiger partial charge in [-0.15, -0.1) is 0 Å². The zero-order chi connectivity index (χ0) is 30.5. The Kier molecular flexibility index (Phi) is 7.44. The Labute approximate surface area is 239 Å². The standard InChI is InChI=1S/C29H35BN4O7/c1-26(2,3)38-24(35)19-17(30-40-28(7,8)29(9,10)41-30)15-32-22(34-25(36)39-27(4,5)6)20(19)23-33-21-16(14-31)12-11-13-18(21)37-23/h11-13,15H,1-10H3,(H,32,34,36). The number of pyridine rings is 1. The summed E-state index contributed by atoms with van der Waals surface area (Å²) in [5, 5.41) is 12.2. The van der Waals surface area contributed by atoms with Crippen LogP contribution in [0.25, 0.3) is 22.6 Å². The highest BCUT2D eigenvalue weighted by Crippen LogP contribution is 2.39. The molecule has 1 aromatic carbocycles. The number of esters is 1. The maximum atomic E-state index is 13.9. The van der Waals surface area contributed by atoms with Crippen LogP contribution in [0, 0.1) is 11.3 Å². The number of hydrogen-bond acceptors (Lipinski definition) is 10. The molecule has 0 saturated carbocycles. The largest absolute Gasteiger partial charge is 0.497 e. The molecule has 41 heavy (non-hydrogen) atoms. The lowest BCUT2D eigenvalue weighted by atomic mass is 9.75. The van der Waals surface area contributed by atoms with Gasteiger partial charge in [-0.3, -0.25) is 5.32 Å². The Morgan fingerprint density at radius 3 is 2.17 bits per heavy atom. The molecule has 1 amide bonds. The van der Waals surface area contributed by atoms with Crippen LogP contribution < -0.4 is 10.8 Å². The number of oxazole rings is 1. The lowest BCUT2D eigenvalue weighted by molar-refractivity contribution is 0.00578. The molecule has 0 spiro atoms. The minimum atomic E-state index is -1.01. The quantitative estimate of drug-likeness (QED) is 0.326. The lowest BCUT2D eigenvalue weighted by Crippen LogP contribution is -2.41. The van der Waals surface area contributed by atoms with Gasteiger partial charge in [0.25, 0.3) is 0 Å². The number of carbonyl (C=O) groups excluding carboxylic acids is 2. The van der Waals surface area contributed by atoms with Crippen LogP contribution in [0.5, 0.6) is 0 Å². The van der Waals surface area contributed by atoms with Gasteiger partial charge in [0.2, 0.25) is 5.89 Å². The number of nitrogens with one attached hydrogen (secondary N) is 1. The van der Waals surface area contributed by atoms with Crippen LogP contribution >= 0.6 is 0 Å². The Balaban J connectivity index is 2.01. The number of carbonyl (C=O) groups is 2. The van der Waals surface area contributed by atoms with Gasteiger partial charge in [-0.25, -0.2) is 19.6 Å². The second kappa shape index (κ2) is 10.2. The third-order valence-corrected chi connectivity index (χ3v) is 6.59. The van der Waals surface area contributed by atoms with Crippen molar-refractivity contribution in [3.8, 4) is 17.5 Å². The average molecular weight is 562 g/mol. The van der Waals surface area contributed by atoms with Crippen LogP contribution in [0.3, 0.4) is 0 Å². The third-order valence-electron chi connectivity index (χ3n) is 6.59. The fourth-order valence-corrected chi connectivity index (χ4v) is 4.07. The molecule has 4 rings (SSSR count). The molecule has 1 N–H and O–H groups in total. The molecule has 1 saturated heterocycles. The van der Waals surface area contributed by atoms with E-state index < -0.39 is 41.6 Å². The maximum absolute atomic E-state index is 13.9. The van der Waals surface area contributed by atoms with Crippen molar-refractivity contribution in [2.24, 2.45) is 0 Å². The summed E-state index contributed by atoms with van der Waals surface area (Å²) in [5.41, 5.74) is -2.02. The number of benzene rings is 1. The Hall–Kier alpha value is -3.95. The Morgan fingerprint density at radius 2 is 1.61 bits per heavy atom. The second-order valence-corrected chi connectivity index (χ2v) is 12.8. The fourth-order valence-electron chi connectivity index (χ4n) is 4.07. The predicted molar refractivity (Wildman–Crippen MR) is 153 cm³/mol. The first kappa shape index (κ1) is 30.0. The zero-order valence-electron chi connectivity index (χ0n) is 25.1. The van der Waals surface area contributed by atoms with Gasteiger partial charge in [0, 0.05) is 11.7 Å². The molecule has 11 nitrogen and oxygen atoms in total. The lowest BCUT2D eigenvalue weighted by Gasteiger charge is -2.32. The van der Waals surface area contributed by atoms with E-state index >= 15 is 0 Å². The number of fused-ring (bicyclic) bond motifs is 1. The summed E-state index contributed by atoms with van der Waals surface area (Å²) in [5.74, 6) is -0.875. The first-order chi connectivity index (χ1) is 18.8. The number of para-hydroxylation sites is 1. The summed E-state index contributed by atoms with van der Waals surface area (Å²) in [7, 11) is -1.01. The van der Waals surface area contributed by atoms with Crippen LogP contribution in [0.2, 0.25) is 0 Å². The summed E-state index contributed by atoms with van der Waals surface area (Å²) < 4.78 is 29.8. The molecule has 0 atom stereocenters. The van der Waals surface area contributed by atoms with Gasteiger partial charge in [-0.2, -0.15) is 5.26 Å². The number of nitriles is 1. The number of anilines is 1. The minimum Gasteiger partial charge on any atom is -0.456 e. The highest BCUT2D eigenvalue weighted by atomic mass is 16.7. The van der Waals surface area contributed by atoms with E-state index in [1.54, 1.807) is 59.7 Å². The average Bonchev–Trinajstić information content (AvgIpc) is 3.33. The van der Waals surface area contributed by atoms with Crippen LogP contribution in [-0.2, 0) is 18.8 Å². The monoisotopic (exact) mass is 562 g/mol. The molecule has 0 radical (unpaired) electrons. The fraction of sp³-hybridized carbons (Fsp3) is 0.483. The van der Waals surface area contributed by atoms with Crippen LogP contribution in [-0.4, -0.2) is 51.6 Å². The van der Waals surface area contributed by atoms with Crippen molar-refractivity contribution in [3.63, 3.8) is 0 Å². The molecule has 1 fully saturated rings. The van der Waals surface area contributed by atoms with Gasteiger partial charge >= 0.3 is 19.2 Å². The number of nitrogens with zero attached hydrogens (tertiary/aromatic N) is 3. The zero-order valence-corrected chi connectivity index (χ0v) is 25.1. The summed E-state index contributed by atoms with van der Waals surface area (Å²) in [6.45, 7) is 17.9. The first-order valence-corrected chi connectivity index (χ1v) is 13.2. The van der Waals surface area contributed by atoms with Crippen molar-refractivity contribution in [1.82, 2.24) is 9.97 Å². The molecule has 1 aliphatic heterocycles. The number of ether oxygens (including phenoxy) is 2. The maximum Gasteiger partial charge on any atom is 0.497 e. The molecule has 0 aliphatic carbocycles. The summed E-state index contributed by atoms with van der Waals surface area (Å²) in [4.78, 5) is 35.8. The smallest absolute Gasteiger partial charge is 0.456 e. The van der Waals surface area contributed by atoms with Gasteiger partial charge < -0.3 is 23.2 Å². The molecule has 2 aromatic heterocycles. The summed E-state index contributed by atoms with van der Waals surface area (Å²) >= 11 is 0. The van der Waals surface area contributed by atoms with Gasteiger partial charge in [-0.1, -0.05) is 6.07 Å². The minimum absolute atomic E-state index is 0.0236. The normalized spacial score (nSPS) is 16.4. The van der Waals surface area contributed by atoms with Gasteiger partial charge in [-0.05, 0) is 81.4 Å². The van der Waals surface area contributed by atoms with Crippen molar-refractivity contribution in [1.29, 1.82) is 5.26 Å². The topological polar surface area (TPSA) is 146 Å². The molecule has 12 heteroatoms. The first-order valence-electron chi connectivity index (χ1n) is 13.2. The van der Waals surface area contributed by atoms with Crippen LogP contribution in [0.15, 0.2) is 28.8 Å². The number of aromatic nitrogens is 2. The van der Waals surface area contributed by atoms with E-state index in [9.17, 15) is 14.9 Å². The van der Waals surface area contributed by atoms with Crippen molar-refractivity contribution in [2.45, 2.75) is 91.6 Å². The third kappa shape index (κ3) is 6.21. The molecule has 216 valence electrons. The molecule has 3 heterocycles. The van der Waals surface area contributed by atoms with E-state index in [1.807, 2.05) is 27.7 Å². The van der Waals surface area contributed by atoms with Gasteiger partial charge in [0.05, 0.1) is 27.9 Å². The van der Waals surface area contributed by atoms with E-state index in [0.29, 0.717) is 5.58 Å². The van der Waals surface area contributed by atoms with Crippen molar-refractivity contribution < 1.29 is 32.8 Å². The predicted octanol–water partition coefficient (Wildman–Crippen LogP) is 5.36. The molecular weight excluding hydrogens is 527 g/mol. The molecule has 1 aliphatic rings. The molecular formula is C29H35BN4O7. The van der Waals surface area contributed by atoms with Crippen molar-refractivity contribution >= 4 is 41.6 Å². The summed E-state index contributed by atoms with van der Waals surface area (Å²) in [6, 6.07) is 6.99. The molecule has 3 aromatic rings. The summed E-state index contributed by atoms with van der Waals surface area (Å²) in [6.07, 6.45) is 0.583. The van der Waals surface area contributed by atoms with Gasteiger partial charge in [0.1, 0.15) is 28.6 Å². The van der Waals surface area contributed by atoms with E-state index in [4.69, 9.17) is 23.2 Å². The second-order valence-electron chi connectivity index (χ2n) is 12.8. The van der Waals surface area contributed by atoms with Crippen molar-refractivity contribution in [3.05, 3.63) is 35.5 Å². The van der Waals surface area contributed by atoms with E-state index in [0.717, 1.165) is 0 Å². The van der Waals surface area contributed by atoms with E-state index in [2.05, 4.69) is 21.4 Å². The van der Waals surface area contributed by atoms with E-state index in [1.165, 1.54) is 6.20 Å². The number of amides is 1. The highest BCUT2D eigenvalue weighted by molar-refractivity contribution is 6.64. The molecule has 0 bridgehead atoms. The van der Waals surface area contributed by atoms with E-state index in [-0.39, 0.29) is 39.4 Å². The van der Waals surface area contributed by atoms with Crippen molar-refractivity contribution in [2.75, 3.05) is 5.32 Å². The molecule has 0 unspecified atom stereocenters. The number of rotatable bonds is 4. The Bertz CT molecular complexity index is 1540. The van der Waals surface area contributed by atoms with Gasteiger partial charge in [0.15, 0.2) is 5.58 Å². The highest BCUT2D eigenvalue weighted by Gasteiger charge is 2.53. The SMILES string of the molecule is CC(C)(C)OC(=O)Nc1ncc(B2OC(C)(C)C(C)(C)O2)c(C(=O)OC(C)(C)C)c1-c1nc2c(C#N)cccc2o1. The number of hydrogen-bond donors (Lipinski definition) is 1.